The van der Waals surface area contributed by atoms with E-state index in [1.165, 1.54) is 21.8 Å². The molecule has 0 spiro atoms. The van der Waals surface area contributed by atoms with Crippen LogP contribution in [0.1, 0.15) is 5.69 Å². The van der Waals surface area contributed by atoms with Gasteiger partial charge in [0.15, 0.2) is 4.96 Å². The molecule has 102 valence electrons. The van der Waals surface area contributed by atoms with Crippen LogP contribution in [0.4, 0.5) is 5.69 Å². The smallest absolute Gasteiger partial charge is 0.258 e. The van der Waals surface area contributed by atoms with Crippen molar-refractivity contribution in [2.24, 2.45) is 0 Å². The van der Waals surface area contributed by atoms with Crippen molar-refractivity contribution in [3.8, 4) is 5.75 Å². The van der Waals surface area contributed by atoms with Gasteiger partial charge >= 0.3 is 0 Å². The van der Waals surface area contributed by atoms with Crippen LogP contribution in [-0.2, 0) is 6.61 Å². The number of hydrogen-bond acceptors (Lipinski definition) is 5. The zero-order chi connectivity index (χ0) is 13.9. The van der Waals surface area contributed by atoms with E-state index in [2.05, 4.69) is 10.3 Å². The summed E-state index contributed by atoms with van der Waals surface area (Å²) >= 11 is 1.43. The number of rotatable bonds is 4. The van der Waals surface area contributed by atoms with Crippen molar-refractivity contribution in [1.82, 2.24) is 9.38 Å². The van der Waals surface area contributed by atoms with Gasteiger partial charge in [0.1, 0.15) is 12.4 Å². The number of thiazole rings is 1. The van der Waals surface area contributed by atoms with E-state index in [0.29, 0.717) is 10.7 Å². The SMILES string of the molecule is CNc1ccc(OCc2cc(=O)n3ccsc3n2)cc1. The van der Waals surface area contributed by atoms with Crippen LogP contribution in [0.25, 0.3) is 4.96 Å². The van der Waals surface area contributed by atoms with Crippen molar-refractivity contribution in [3.63, 3.8) is 0 Å². The lowest BCUT2D eigenvalue weighted by Crippen LogP contribution is -2.14. The lowest BCUT2D eigenvalue weighted by Gasteiger charge is -2.06. The third kappa shape index (κ3) is 2.50. The molecule has 5 nitrogen and oxygen atoms in total. The van der Waals surface area contributed by atoms with Crippen molar-refractivity contribution in [1.29, 1.82) is 0 Å². The van der Waals surface area contributed by atoms with Crippen molar-refractivity contribution < 1.29 is 4.74 Å². The summed E-state index contributed by atoms with van der Waals surface area (Å²) in [6, 6.07) is 9.12. The molecule has 6 heteroatoms. The summed E-state index contributed by atoms with van der Waals surface area (Å²) < 4.78 is 7.16. The standard InChI is InChI=1S/C14H13N3O2S/c1-15-10-2-4-12(5-3-10)19-9-11-8-13(18)17-6-7-20-14(17)16-11/h2-8,15H,9H2,1H3. The fourth-order valence-corrected chi connectivity index (χ4v) is 2.58. The Labute approximate surface area is 119 Å². The first-order valence-electron chi connectivity index (χ1n) is 6.12. The highest BCUT2D eigenvalue weighted by Crippen LogP contribution is 2.16. The normalized spacial score (nSPS) is 10.7. The molecule has 0 amide bonds. The van der Waals surface area contributed by atoms with E-state index < -0.39 is 0 Å². The van der Waals surface area contributed by atoms with Crippen molar-refractivity contribution in [2.75, 3.05) is 12.4 Å². The Morgan fingerprint density at radius 1 is 1.35 bits per heavy atom. The average molecular weight is 287 g/mol. The van der Waals surface area contributed by atoms with Crippen LogP contribution in [0.2, 0.25) is 0 Å². The van der Waals surface area contributed by atoms with E-state index in [-0.39, 0.29) is 12.2 Å². The number of aromatic nitrogens is 2. The molecule has 0 aliphatic heterocycles. The Balaban J connectivity index is 1.77. The largest absolute Gasteiger partial charge is 0.487 e. The minimum atomic E-state index is -0.0830. The molecule has 0 aliphatic carbocycles. The summed E-state index contributed by atoms with van der Waals surface area (Å²) in [5, 5.41) is 4.88. The first-order valence-corrected chi connectivity index (χ1v) is 7.00. The number of nitrogens with one attached hydrogen (secondary N) is 1. The Bertz CT molecular complexity index is 777. The molecule has 2 aromatic heterocycles. The molecule has 20 heavy (non-hydrogen) atoms. The third-order valence-electron chi connectivity index (χ3n) is 2.89. The van der Waals surface area contributed by atoms with E-state index >= 15 is 0 Å². The second kappa shape index (κ2) is 5.34. The number of hydrogen-bond donors (Lipinski definition) is 1. The highest BCUT2D eigenvalue weighted by Gasteiger charge is 2.04. The maximum atomic E-state index is 11.8. The van der Waals surface area contributed by atoms with E-state index in [1.807, 2.05) is 36.7 Å². The monoisotopic (exact) mass is 287 g/mol. The van der Waals surface area contributed by atoms with Gasteiger partial charge in [0.05, 0.1) is 5.69 Å². The van der Waals surface area contributed by atoms with Gasteiger partial charge in [0.2, 0.25) is 0 Å². The summed E-state index contributed by atoms with van der Waals surface area (Å²) in [4.78, 5) is 16.9. The molecule has 1 aromatic carbocycles. The molecule has 0 saturated heterocycles. The fraction of sp³-hybridized carbons (Fsp3) is 0.143. The van der Waals surface area contributed by atoms with E-state index in [4.69, 9.17) is 4.74 Å². The topological polar surface area (TPSA) is 55.6 Å². The van der Waals surface area contributed by atoms with Gasteiger partial charge < -0.3 is 10.1 Å². The van der Waals surface area contributed by atoms with Gasteiger partial charge in [-0.2, -0.15) is 0 Å². The van der Waals surface area contributed by atoms with Gasteiger partial charge in [-0.15, -0.1) is 11.3 Å². The van der Waals surface area contributed by atoms with Crippen molar-refractivity contribution >= 4 is 22.0 Å². The molecule has 1 N–H and O–H groups in total. The van der Waals surface area contributed by atoms with Gasteiger partial charge in [0, 0.05) is 30.4 Å². The maximum Gasteiger partial charge on any atom is 0.258 e. The van der Waals surface area contributed by atoms with Crippen LogP contribution >= 0.6 is 11.3 Å². The zero-order valence-corrected chi connectivity index (χ0v) is 11.7. The second-order valence-corrected chi connectivity index (χ2v) is 5.08. The predicted octanol–water partition coefficient (Wildman–Crippen LogP) is 2.38. The van der Waals surface area contributed by atoms with E-state index in [0.717, 1.165) is 11.4 Å². The maximum absolute atomic E-state index is 11.8. The molecule has 3 rings (SSSR count). The minimum Gasteiger partial charge on any atom is -0.487 e. The van der Waals surface area contributed by atoms with Crippen LogP contribution in [0.15, 0.2) is 46.7 Å². The van der Waals surface area contributed by atoms with Crippen molar-refractivity contribution in [3.05, 3.63) is 58.0 Å². The summed E-state index contributed by atoms with van der Waals surface area (Å²) in [7, 11) is 1.86. The number of anilines is 1. The van der Waals surface area contributed by atoms with Crippen molar-refractivity contribution in [2.45, 2.75) is 6.61 Å². The first kappa shape index (κ1) is 12.7. The first-order chi connectivity index (χ1) is 9.76. The number of nitrogens with zero attached hydrogens (tertiary/aromatic N) is 2. The van der Waals surface area contributed by atoms with Gasteiger partial charge in [-0.1, -0.05) is 0 Å². The van der Waals surface area contributed by atoms with Gasteiger partial charge in [-0.25, -0.2) is 4.98 Å². The van der Waals surface area contributed by atoms with E-state index in [1.54, 1.807) is 6.20 Å². The predicted molar refractivity (Wildman–Crippen MR) is 79.7 cm³/mol. The van der Waals surface area contributed by atoms with Gasteiger partial charge in [-0.05, 0) is 24.3 Å². The number of ether oxygens (including phenoxy) is 1. The number of fused-ring (bicyclic) bond motifs is 1. The fourth-order valence-electron chi connectivity index (χ4n) is 1.84. The molecule has 3 aromatic rings. The summed E-state index contributed by atoms with van der Waals surface area (Å²) in [6.07, 6.45) is 1.72. The van der Waals surface area contributed by atoms with Gasteiger partial charge in [0.25, 0.3) is 5.56 Å². The summed E-state index contributed by atoms with van der Waals surface area (Å²) in [5.41, 5.74) is 1.57. The second-order valence-electron chi connectivity index (χ2n) is 4.20. The average Bonchev–Trinajstić information content (AvgIpc) is 2.94. The zero-order valence-electron chi connectivity index (χ0n) is 10.9. The lowest BCUT2D eigenvalue weighted by molar-refractivity contribution is 0.301. The summed E-state index contributed by atoms with van der Waals surface area (Å²) in [5.74, 6) is 0.747. The Morgan fingerprint density at radius 3 is 2.90 bits per heavy atom. The minimum absolute atomic E-state index is 0.0830. The molecule has 0 bridgehead atoms. The molecule has 0 aliphatic rings. The van der Waals surface area contributed by atoms with E-state index in [9.17, 15) is 4.79 Å². The highest BCUT2D eigenvalue weighted by molar-refractivity contribution is 7.15. The quantitative estimate of drug-likeness (QED) is 0.800. The molecular formula is C14H13N3O2S. The molecule has 0 fully saturated rings. The Kier molecular flexibility index (Phi) is 3.39. The van der Waals surface area contributed by atoms with Crippen LogP contribution < -0.4 is 15.6 Å². The highest BCUT2D eigenvalue weighted by atomic mass is 32.1. The molecule has 0 atom stereocenters. The third-order valence-corrected chi connectivity index (χ3v) is 3.64. The Morgan fingerprint density at radius 2 is 2.15 bits per heavy atom. The molecule has 0 saturated carbocycles. The van der Waals surface area contributed by atoms with Crippen LogP contribution in [0.3, 0.4) is 0 Å². The molecule has 0 radical (unpaired) electrons. The lowest BCUT2D eigenvalue weighted by atomic mass is 10.3. The van der Waals surface area contributed by atoms with Crippen LogP contribution in [0, 0.1) is 0 Å². The number of benzene rings is 1. The van der Waals surface area contributed by atoms with Gasteiger partial charge in [-0.3, -0.25) is 9.20 Å². The van der Waals surface area contributed by atoms with Crippen LogP contribution in [0.5, 0.6) is 5.75 Å². The summed E-state index contributed by atoms with van der Waals surface area (Å²) in [6.45, 7) is 0.280. The molecule has 2 heterocycles. The molecular weight excluding hydrogens is 274 g/mol. The van der Waals surface area contributed by atoms with Crippen LogP contribution in [-0.4, -0.2) is 16.4 Å². The molecule has 0 unspecified atom stereocenters. The Hall–Kier alpha value is -2.34.